The Hall–Kier alpha value is -2.05. The predicted octanol–water partition coefficient (Wildman–Crippen LogP) is 1.38. The molecule has 2 unspecified atom stereocenters. The van der Waals surface area contributed by atoms with Gasteiger partial charge in [0, 0.05) is 30.9 Å². The Balaban J connectivity index is 1.98. The molecule has 0 radical (unpaired) electrons. The summed E-state index contributed by atoms with van der Waals surface area (Å²) in [5.74, 6) is -1.04. The predicted molar refractivity (Wildman–Crippen MR) is 76.9 cm³/mol. The fraction of sp³-hybridized carbons (Fsp3) is 0.643. The highest BCUT2D eigenvalue weighted by atomic mass is 16.4. The van der Waals surface area contributed by atoms with E-state index in [1.165, 1.54) is 6.33 Å². The molecule has 1 aliphatic heterocycles. The van der Waals surface area contributed by atoms with Crippen molar-refractivity contribution in [2.75, 3.05) is 6.54 Å². The van der Waals surface area contributed by atoms with Crippen LogP contribution in [0, 0.1) is 0 Å². The average molecular weight is 294 g/mol. The Bertz CT molecular complexity index is 475. The number of carboxylic acid groups (broad SMARTS) is 1. The van der Waals surface area contributed by atoms with Crippen molar-refractivity contribution in [3.63, 3.8) is 0 Å². The molecule has 116 valence electrons. The average Bonchev–Trinajstić information content (AvgIpc) is 2.85. The number of carboxylic acids is 1. The van der Waals surface area contributed by atoms with Crippen molar-refractivity contribution in [1.29, 1.82) is 0 Å². The van der Waals surface area contributed by atoms with E-state index >= 15 is 0 Å². The highest BCUT2D eigenvalue weighted by molar-refractivity contribution is 5.83. The van der Waals surface area contributed by atoms with Gasteiger partial charge in [-0.15, -0.1) is 0 Å². The van der Waals surface area contributed by atoms with Gasteiger partial charge in [0.15, 0.2) is 0 Å². The van der Waals surface area contributed by atoms with Gasteiger partial charge < -0.3 is 20.3 Å². The number of hydrogen-bond donors (Lipinski definition) is 3. The van der Waals surface area contributed by atoms with Gasteiger partial charge in [-0.05, 0) is 19.8 Å². The second-order valence-electron chi connectivity index (χ2n) is 5.51. The molecular formula is C14H22N4O3. The lowest BCUT2D eigenvalue weighted by atomic mass is 10.1. The monoisotopic (exact) mass is 294 g/mol. The van der Waals surface area contributed by atoms with E-state index in [0.717, 1.165) is 25.7 Å². The Kier molecular flexibility index (Phi) is 5.19. The molecule has 7 heteroatoms. The van der Waals surface area contributed by atoms with Gasteiger partial charge in [-0.3, -0.25) is 0 Å². The number of carbonyl (C=O) groups excluding carboxylic acids is 1. The van der Waals surface area contributed by atoms with Gasteiger partial charge in [0.2, 0.25) is 0 Å². The number of aromatic amines is 1. The maximum absolute atomic E-state index is 12.3. The van der Waals surface area contributed by atoms with Crippen LogP contribution in [0.4, 0.5) is 4.79 Å². The minimum atomic E-state index is -1.04. The molecule has 0 saturated carbocycles. The summed E-state index contributed by atoms with van der Waals surface area (Å²) in [5, 5.41) is 11.9. The zero-order valence-corrected chi connectivity index (χ0v) is 12.2. The van der Waals surface area contributed by atoms with Gasteiger partial charge in [0.05, 0.1) is 6.33 Å². The van der Waals surface area contributed by atoms with Crippen molar-refractivity contribution >= 4 is 12.0 Å². The summed E-state index contributed by atoms with van der Waals surface area (Å²) in [4.78, 5) is 32.1. The van der Waals surface area contributed by atoms with E-state index in [1.807, 2.05) is 6.92 Å². The van der Waals surface area contributed by atoms with E-state index in [4.69, 9.17) is 0 Å². The van der Waals surface area contributed by atoms with Crippen LogP contribution < -0.4 is 5.32 Å². The zero-order valence-electron chi connectivity index (χ0n) is 12.2. The van der Waals surface area contributed by atoms with E-state index in [-0.39, 0.29) is 18.5 Å². The van der Waals surface area contributed by atoms with E-state index in [1.54, 1.807) is 11.1 Å². The summed E-state index contributed by atoms with van der Waals surface area (Å²) in [6.07, 6.45) is 7.42. The molecule has 1 aromatic rings. The molecule has 0 aliphatic carbocycles. The number of carbonyl (C=O) groups is 2. The van der Waals surface area contributed by atoms with E-state index in [2.05, 4.69) is 15.3 Å². The Morgan fingerprint density at radius 3 is 3.00 bits per heavy atom. The van der Waals surface area contributed by atoms with Crippen molar-refractivity contribution in [3.8, 4) is 0 Å². The van der Waals surface area contributed by atoms with E-state index in [9.17, 15) is 14.7 Å². The largest absolute Gasteiger partial charge is 0.480 e. The smallest absolute Gasteiger partial charge is 0.326 e. The second kappa shape index (κ2) is 7.10. The number of H-pyrrole nitrogens is 1. The molecule has 0 spiro atoms. The Morgan fingerprint density at radius 1 is 1.52 bits per heavy atom. The van der Waals surface area contributed by atoms with Gasteiger partial charge in [0.25, 0.3) is 0 Å². The third kappa shape index (κ3) is 4.21. The molecule has 1 fully saturated rings. The third-order valence-electron chi connectivity index (χ3n) is 3.89. The van der Waals surface area contributed by atoms with Crippen LogP contribution in [-0.2, 0) is 11.2 Å². The summed E-state index contributed by atoms with van der Waals surface area (Å²) < 4.78 is 0. The molecule has 1 aliphatic rings. The van der Waals surface area contributed by atoms with Crippen LogP contribution in [-0.4, -0.2) is 50.6 Å². The molecule has 2 atom stereocenters. The van der Waals surface area contributed by atoms with Crippen molar-refractivity contribution in [3.05, 3.63) is 18.2 Å². The molecule has 2 heterocycles. The van der Waals surface area contributed by atoms with Crippen LogP contribution in [0.5, 0.6) is 0 Å². The fourth-order valence-corrected chi connectivity index (χ4v) is 2.62. The summed E-state index contributed by atoms with van der Waals surface area (Å²) >= 11 is 0. The molecule has 0 aromatic carbocycles. The number of amides is 2. The highest BCUT2D eigenvalue weighted by Crippen LogP contribution is 2.16. The first-order valence-corrected chi connectivity index (χ1v) is 7.35. The Labute approximate surface area is 123 Å². The van der Waals surface area contributed by atoms with Gasteiger partial charge >= 0.3 is 12.0 Å². The molecule has 3 N–H and O–H groups in total. The Morgan fingerprint density at radius 2 is 2.33 bits per heavy atom. The number of urea groups is 1. The first-order chi connectivity index (χ1) is 10.1. The van der Waals surface area contributed by atoms with Crippen LogP contribution >= 0.6 is 0 Å². The van der Waals surface area contributed by atoms with Gasteiger partial charge in [-0.25, -0.2) is 14.6 Å². The number of rotatable bonds is 4. The van der Waals surface area contributed by atoms with E-state index in [0.29, 0.717) is 12.2 Å². The van der Waals surface area contributed by atoms with Gasteiger partial charge in [-0.2, -0.15) is 0 Å². The molecule has 2 rings (SSSR count). The topological polar surface area (TPSA) is 98.3 Å². The van der Waals surface area contributed by atoms with Gasteiger partial charge in [-0.1, -0.05) is 12.8 Å². The normalized spacial score (nSPS) is 20.6. The molecule has 21 heavy (non-hydrogen) atoms. The van der Waals surface area contributed by atoms with Crippen LogP contribution in [0.2, 0.25) is 0 Å². The lowest BCUT2D eigenvalue weighted by molar-refractivity contribution is -0.139. The molecule has 1 aromatic heterocycles. The standard InChI is InChI=1S/C14H22N4O3/c1-10-5-3-2-4-6-18(10)14(21)17-12(13(19)20)7-11-8-15-9-16-11/h8-10,12H,2-7H2,1H3,(H,15,16)(H,17,21)(H,19,20). The fourth-order valence-electron chi connectivity index (χ4n) is 2.62. The lowest BCUT2D eigenvalue weighted by Crippen LogP contribution is -2.51. The van der Waals surface area contributed by atoms with E-state index < -0.39 is 12.0 Å². The molecule has 7 nitrogen and oxygen atoms in total. The van der Waals surface area contributed by atoms with Crippen LogP contribution in [0.3, 0.4) is 0 Å². The molecule has 2 amide bonds. The summed E-state index contributed by atoms with van der Waals surface area (Å²) in [6.45, 7) is 2.69. The summed E-state index contributed by atoms with van der Waals surface area (Å²) in [6, 6.07) is -1.10. The number of nitrogens with zero attached hydrogens (tertiary/aromatic N) is 2. The number of nitrogens with one attached hydrogen (secondary N) is 2. The lowest BCUT2D eigenvalue weighted by Gasteiger charge is -2.28. The number of likely N-dealkylation sites (tertiary alicyclic amines) is 1. The van der Waals surface area contributed by atoms with Crippen molar-refractivity contribution in [2.24, 2.45) is 0 Å². The SMILES string of the molecule is CC1CCCCCN1C(=O)NC(Cc1cnc[nH]1)C(=O)O. The van der Waals surface area contributed by atoms with Crippen molar-refractivity contribution in [2.45, 2.75) is 51.1 Å². The number of hydrogen-bond acceptors (Lipinski definition) is 3. The quantitative estimate of drug-likeness (QED) is 0.781. The molecule has 1 saturated heterocycles. The van der Waals surface area contributed by atoms with Crippen molar-refractivity contribution < 1.29 is 14.7 Å². The zero-order chi connectivity index (χ0) is 15.2. The first kappa shape index (κ1) is 15.3. The first-order valence-electron chi connectivity index (χ1n) is 7.35. The number of aliphatic carboxylic acids is 1. The van der Waals surface area contributed by atoms with Crippen LogP contribution in [0.15, 0.2) is 12.5 Å². The summed E-state index contributed by atoms with van der Waals surface area (Å²) in [5.41, 5.74) is 0.687. The van der Waals surface area contributed by atoms with Crippen molar-refractivity contribution in [1.82, 2.24) is 20.2 Å². The number of aromatic nitrogens is 2. The minimum Gasteiger partial charge on any atom is -0.480 e. The molecule has 0 bridgehead atoms. The van der Waals surface area contributed by atoms with Crippen LogP contribution in [0.25, 0.3) is 0 Å². The highest BCUT2D eigenvalue weighted by Gasteiger charge is 2.27. The maximum Gasteiger partial charge on any atom is 0.326 e. The third-order valence-corrected chi connectivity index (χ3v) is 3.89. The maximum atomic E-state index is 12.3. The number of imidazole rings is 1. The second-order valence-corrected chi connectivity index (χ2v) is 5.51. The summed E-state index contributed by atoms with van der Waals surface area (Å²) in [7, 11) is 0. The molecular weight excluding hydrogens is 272 g/mol. The minimum absolute atomic E-state index is 0.147. The van der Waals surface area contributed by atoms with Gasteiger partial charge in [0.1, 0.15) is 6.04 Å². The van der Waals surface area contributed by atoms with Crippen LogP contribution in [0.1, 0.15) is 38.3 Å².